The van der Waals surface area contributed by atoms with Crippen molar-refractivity contribution in [2.75, 3.05) is 19.7 Å². The van der Waals surface area contributed by atoms with Crippen LogP contribution in [-0.4, -0.2) is 42.5 Å². The Hall–Kier alpha value is -2.89. The fourth-order valence-corrected chi connectivity index (χ4v) is 3.80. The minimum atomic E-state index is -0.321. The second-order valence-corrected chi connectivity index (χ2v) is 8.24. The van der Waals surface area contributed by atoms with Crippen LogP contribution < -0.4 is 10.1 Å². The van der Waals surface area contributed by atoms with Gasteiger partial charge in [0.25, 0.3) is 5.91 Å². The lowest BCUT2D eigenvalue weighted by Crippen LogP contribution is -2.42. The van der Waals surface area contributed by atoms with E-state index >= 15 is 0 Å². The Labute approximate surface area is 176 Å². The number of halogens is 1. The van der Waals surface area contributed by atoms with Gasteiger partial charge in [0.15, 0.2) is 0 Å². The molecule has 1 N–H and O–H groups in total. The van der Waals surface area contributed by atoms with Crippen molar-refractivity contribution in [3.63, 3.8) is 0 Å². The number of benzene rings is 2. The van der Waals surface area contributed by atoms with Crippen molar-refractivity contribution in [1.82, 2.24) is 10.2 Å². The summed E-state index contributed by atoms with van der Waals surface area (Å²) in [6.07, 6.45) is 4.23. The third kappa shape index (κ3) is 5.59. The molecule has 0 bridgehead atoms. The molecule has 2 amide bonds. The summed E-state index contributed by atoms with van der Waals surface area (Å²) in [5, 5.41) is 2.98. The molecule has 1 aliphatic heterocycles. The van der Waals surface area contributed by atoms with Gasteiger partial charge in [0.1, 0.15) is 11.6 Å². The molecule has 5 nitrogen and oxygen atoms in total. The molecule has 2 fully saturated rings. The zero-order valence-electron chi connectivity index (χ0n) is 17.0. The van der Waals surface area contributed by atoms with E-state index in [0.717, 1.165) is 32.2 Å². The molecule has 0 spiro atoms. The summed E-state index contributed by atoms with van der Waals surface area (Å²) in [5.74, 6) is 0.540. The van der Waals surface area contributed by atoms with E-state index in [1.54, 1.807) is 24.3 Å². The Morgan fingerprint density at radius 3 is 2.73 bits per heavy atom. The first-order chi connectivity index (χ1) is 14.6. The second-order valence-electron chi connectivity index (χ2n) is 8.24. The number of nitrogens with zero attached hydrogens (tertiary/aromatic N) is 1. The van der Waals surface area contributed by atoms with Gasteiger partial charge in [-0.25, -0.2) is 4.39 Å². The molecule has 1 saturated carbocycles. The number of carbonyl (C=O) groups is 2. The molecule has 2 aromatic rings. The molecule has 2 aliphatic rings. The molecule has 1 saturated heterocycles. The van der Waals surface area contributed by atoms with Gasteiger partial charge >= 0.3 is 0 Å². The van der Waals surface area contributed by atoms with E-state index in [1.807, 2.05) is 17.0 Å². The molecule has 6 heteroatoms. The largest absolute Gasteiger partial charge is 0.493 e. The quantitative estimate of drug-likeness (QED) is 0.759. The van der Waals surface area contributed by atoms with Crippen LogP contribution in [0.15, 0.2) is 48.5 Å². The van der Waals surface area contributed by atoms with E-state index < -0.39 is 0 Å². The average Bonchev–Trinajstić information content (AvgIpc) is 3.57. The van der Waals surface area contributed by atoms with Crippen molar-refractivity contribution in [3.8, 4) is 5.75 Å². The van der Waals surface area contributed by atoms with Crippen molar-refractivity contribution in [2.24, 2.45) is 5.92 Å². The Morgan fingerprint density at radius 2 is 1.93 bits per heavy atom. The molecule has 0 radical (unpaired) electrons. The summed E-state index contributed by atoms with van der Waals surface area (Å²) in [6, 6.07) is 13.8. The average molecular weight is 410 g/mol. The first kappa shape index (κ1) is 20.4. The number of carbonyl (C=O) groups excluding carboxylic acids is 2. The van der Waals surface area contributed by atoms with Crippen molar-refractivity contribution >= 4 is 11.8 Å². The third-order valence-corrected chi connectivity index (χ3v) is 5.61. The summed E-state index contributed by atoms with van der Waals surface area (Å²) in [4.78, 5) is 26.7. The molecule has 30 heavy (non-hydrogen) atoms. The van der Waals surface area contributed by atoms with Crippen LogP contribution >= 0.6 is 0 Å². The summed E-state index contributed by atoms with van der Waals surface area (Å²) in [7, 11) is 0. The van der Waals surface area contributed by atoms with Gasteiger partial charge in [-0.15, -0.1) is 0 Å². The van der Waals surface area contributed by atoms with E-state index in [4.69, 9.17) is 4.74 Å². The molecule has 4 rings (SSSR count). The lowest BCUT2D eigenvalue weighted by Gasteiger charge is -2.32. The molecular formula is C24H27FN2O3. The van der Waals surface area contributed by atoms with Crippen LogP contribution in [0.5, 0.6) is 5.75 Å². The van der Waals surface area contributed by atoms with Gasteiger partial charge in [-0.2, -0.15) is 0 Å². The van der Waals surface area contributed by atoms with Crippen LogP contribution in [0, 0.1) is 11.7 Å². The molecule has 1 atom stereocenters. The van der Waals surface area contributed by atoms with Crippen LogP contribution in [0.25, 0.3) is 0 Å². The predicted octanol–water partition coefficient (Wildman–Crippen LogP) is 3.58. The second kappa shape index (κ2) is 9.28. The standard InChI is InChI=1S/C24H27FN2O3/c25-20-7-1-4-17(12-20)13-23(28)27-11-3-5-18(15-27)16-30-22-8-2-6-19(14-22)24(29)26-21-9-10-21/h1-2,4,6-8,12,14,18,21H,3,5,9-11,13,15-16H2,(H,26,29). The molecule has 0 aromatic heterocycles. The van der Waals surface area contributed by atoms with E-state index in [2.05, 4.69) is 5.32 Å². The molecule has 1 heterocycles. The van der Waals surface area contributed by atoms with Gasteiger partial charge in [0.05, 0.1) is 13.0 Å². The Morgan fingerprint density at radius 1 is 1.10 bits per heavy atom. The van der Waals surface area contributed by atoms with Crippen molar-refractivity contribution in [1.29, 1.82) is 0 Å². The summed E-state index contributed by atoms with van der Waals surface area (Å²) < 4.78 is 19.3. The maximum absolute atomic E-state index is 13.4. The van der Waals surface area contributed by atoms with Gasteiger partial charge in [0, 0.05) is 30.6 Å². The number of likely N-dealkylation sites (tertiary alicyclic amines) is 1. The molecule has 158 valence electrons. The van der Waals surface area contributed by atoms with E-state index in [9.17, 15) is 14.0 Å². The van der Waals surface area contributed by atoms with Crippen LogP contribution in [0.2, 0.25) is 0 Å². The van der Waals surface area contributed by atoms with E-state index in [-0.39, 0.29) is 30.0 Å². The predicted molar refractivity (Wildman–Crippen MR) is 112 cm³/mol. The number of rotatable bonds is 7. The van der Waals surface area contributed by atoms with Crippen LogP contribution in [0.3, 0.4) is 0 Å². The van der Waals surface area contributed by atoms with Crippen molar-refractivity contribution < 1.29 is 18.7 Å². The van der Waals surface area contributed by atoms with E-state index in [0.29, 0.717) is 36.1 Å². The molecule has 1 aliphatic carbocycles. The number of ether oxygens (including phenoxy) is 1. The smallest absolute Gasteiger partial charge is 0.251 e. The van der Waals surface area contributed by atoms with Gasteiger partial charge in [-0.3, -0.25) is 9.59 Å². The molecule has 2 aromatic carbocycles. The number of amides is 2. The first-order valence-corrected chi connectivity index (χ1v) is 10.6. The maximum atomic E-state index is 13.4. The maximum Gasteiger partial charge on any atom is 0.251 e. The van der Waals surface area contributed by atoms with Crippen LogP contribution in [-0.2, 0) is 11.2 Å². The Bertz CT molecular complexity index is 913. The zero-order valence-corrected chi connectivity index (χ0v) is 17.0. The third-order valence-electron chi connectivity index (χ3n) is 5.61. The SMILES string of the molecule is O=C(NC1CC1)c1cccc(OCC2CCCN(C(=O)Cc3cccc(F)c3)C2)c1. The number of piperidine rings is 1. The zero-order chi connectivity index (χ0) is 20.9. The molecule has 1 unspecified atom stereocenters. The Balaban J connectivity index is 1.28. The first-order valence-electron chi connectivity index (χ1n) is 10.6. The van der Waals surface area contributed by atoms with Crippen molar-refractivity contribution in [3.05, 3.63) is 65.5 Å². The number of hydrogen-bond acceptors (Lipinski definition) is 3. The van der Waals surface area contributed by atoms with Crippen LogP contribution in [0.4, 0.5) is 4.39 Å². The van der Waals surface area contributed by atoms with E-state index in [1.165, 1.54) is 12.1 Å². The lowest BCUT2D eigenvalue weighted by atomic mass is 9.98. The van der Waals surface area contributed by atoms with Gasteiger partial charge in [0.2, 0.25) is 5.91 Å². The lowest BCUT2D eigenvalue weighted by molar-refractivity contribution is -0.132. The normalized spacial score (nSPS) is 18.7. The summed E-state index contributed by atoms with van der Waals surface area (Å²) in [5.41, 5.74) is 1.30. The Kier molecular flexibility index (Phi) is 6.31. The summed E-state index contributed by atoms with van der Waals surface area (Å²) in [6.45, 7) is 1.86. The fraction of sp³-hybridized carbons (Fsp3) is 0.417. The van der Waals surface area contributed by atoms with Gasteiger partial charge in [-0.1, -0.05) is 18.2 Å². The van der Waals surface area contributed by atoms with Gasteiger partial charge < -0.3 is 15.0 Å². The highest BCUT2D eigenvalue weighted by atomic mass is 19.1. The highest BCUT2D eigenvalue weighted by Crippen LogP contribution is 2.22. The fourth-order valence-electron chi connectivity index (χ4n) is 3.80. The monoisotopic (exact) mass is 410 g/mol. The van der Waals surface area contributed by atoms with Gasteiger partial charge in [-0.05, 0) is 61.6 Å². The van der Waals surface area contributed by atoms with Crippen molar-refractivity contribution in [2.45, 2.75) is 38.1 Å². The number of nitrogens with one attached hydrogen (secondary N) is 1. The topological polar surface area (TPSA) is 58.6 Å². The molecular weight excluding hydrogens is 383 g/mol. The highest BCUT2D eigenvalue weighted by Gasteiger charge is 2.25. The minimum absolute atomic E-state index is 0.0176. The highest BCUT2D eigenvalue weighted by molar-refractivity contribution is 5.94. The number of hydrogen-bond donors (Lipinski definition) is 1. The van der Waals surface area contributed by atoms with Crippen LogP contribution in [0.1, 0.15) is 41.6 Å². The minimum Gasteiger partial charge on any atom is -0.493 e. The summed E-state index contributed by atoms with van der Waals surface area (Å²) >= 11 is 0.